The van der Waals surface area contributed by atoms with E-state index in [-0.39, 0.29) is 5.91 Å². The monoisotopic (exact) mass is 564 g/mol. The van der Waals surface area contributed by atoms with Gasteiger partial charge in [0.2, 0.25) is 5.91 Å². The third-order valence-electron chi connectivity index (χ3n) is 6.65. The van der Waals surface area contributed by atoms with Crippen LogP contribution in [0.4, 0.5) is 5.69 Å². The first kappa shape index (κ1) is 24.7. The van der Waals surface area contributed by atoms with Gasteiger partial charge in [0.15, 0.2) is 0 Å². The van der Waals surface area contributed by atoms with Gasteiger partial charge < -0.3 is 10.0 Å². The van der Waals surface area contributed by atoms with Crippen molar-refractivity contribution in [3.05, 3.63) is 117 Å². The fraction of sp³-hybridized carbons (Fsp3) is 0.214. The van der Waals surface area contributed by atoms with E-state index in [0.29, 0.717) is 35.8 Å². The number of carbonyl (C=O) groups excluding carboxylic acids is 1. The molecule has 1 aliphatic heterocycles. The summed E-state index contributed by atoms with van der Waals surface area (Å²) in [6.07, 6.45) is 1.25. The molecule has 5 rings (SSSR count). The van der Waals surface area contributed by atoms with Crippen molar-refractivity contribution in [1.29, 1.82) is 0 Å². The van der Waals surface area contributed by atoms with Gasteiger partial charge in [0.1, 0.15) is 6.23 Å². The molecule has 1 N–H and O–H groups in total. The van der Waals surface area contributed by atoms with Crippen molar-refractivity contribution >= 4 is 39.1 Å². The van der Waals surface area contributed by atoms with E-state index in [9.17, 15) is 9.90 Å². The van der Waals surface area contributed by atoms with Crippen molar-refractivity contribution in [2.45, 2.75) is 31.8 Å². The summed E-state index contributed by atoms with van der Waals surface area (Å²) in [5.74, 6) is -0.0669. The zero-order chi connectivity index (χ0) is 25.2. The Morgan fingerprint density at radius 2 is 1.64 bits per heavy atom. The molecule has 6 nitrogen and oxygen atoms in total. The number of benzene rings is 3. The van der Waals surface area contributed by atoms with Gasteiger partial charge in [-0.3, -0.25) is 14.4 Å². The van der Waals surface area contributed by atoms with Crippen molar-refractivity contribution in [2.24, 2.45) is 0 Å². The minimum Gasteiger partial charge on any atom is -0.374 e. The van der Waals surface area contributed by atoms with Crippen LogP contribution in [0, 0.1) is 0 Å². The molecule has 2 atom stereocenters. The highest BCUT2D eigenvalue weighted by Gasteiger charge is 2.39. The van der Waals surface area contributed by atoms with Gasteiger partial charge in [0.05, 0.1) is 34.6 Å². The van der Waals surface area contributed by atoms with E-state index >= 15 is 0 Å². The Morgan fingerprint density at radius 1 is 0.944 bits per heavy atom. The van der Waals surface area contributed by atoms with Gasteiger partial charge in [-0.15, -0.1) is 0 Å². The standard InChI is InChI=1S/C28H26BrClN4O2/c1-32-24-10-6-5-9-22(24)27(35)33(25(28(32)36)15-19-7-3-2-4-8-19)18-26-23(29)16-31-34(26)17-20-11-13-21(30)14-12-20/h2-14,16,25,27,35H,15,17-18H2,1H3/t25-,27?/m0/s1. The van der Waals surface area contributed by atoms with E-state index in [1.165, 1.54) is 0 Å². The number of anilines is 1. The summed E-state index contributed by atoms with van der Waals surface area (Å²) in [4.78, 5) is 17.3. The fourth-order valence-corrected chi connectivity index (χ4v) is 5.25. The number of fused-ring (bicyclic) bond motifs is 1. The minimum absolute atomic E-state index is 0.0669. The highest BCUT2D eigenvalue weighted by atomic mass is 79.9. The second kappa shape index (κ2) is 10.6. The molecule has 0 bridgehead atoms. The number of para-hydroxylation sites is 1. The second-order valence-electron chi connectivity index (χ2n) is 8.93. The number of carbonyl (C=O) groups is 1. The van der Waals surface area contributed by atoms with Crippen LogP contribution in [0.5, 0.6) is 0 Å². The molecule has 0 aliphatic carbocycles. The zero-order valence-corrected chi connectivity index (χ0v) is 22.1. The zero-order valence-electron chi connectivity index (χ0n) is 19.8. The smallest absolute Gasteiger partial charge is 0.244 e. The molecule has 36 heavy (non-hydrogen) atoms. The van der Waals surface area contributed by atoms with Crippen LogP contribution < -0.4 is 4.90 Å². The molecule has 0 spiro atoms. The third kappa shape index (κ3) is 4.97. The maximum Gasteiger partial charge on any atom is 0.244 e. The van der Waals surface area contributed by atoms with E-state index in [4.69, 9.17) is 11.6 Å². The normalized spacial score (nSPS) is 18.2. The lowest BCUT2D eigenvalue weighted by Gasteiger charge is -2.33. The topological polar surface area (TPSA) is 61.6 Å². The number of hydrogen-bond donors (Lipinski definition) is 1. The van der Waals surface area contributed by atoms with Crippen LogP contribution in [-0.2, 0) is 24.3 Å². The minimum atomic E-state index is -0.977. The lowest BCUT2D eigenvalue weighted by atomic mass is 10.0. The van der Waals surface area contributed by atoms with Crippen LogP contribution in [-0.4, -0.2) is 38.8 Å². The van der Waals surface area contributed by atoms with Gasteiger partial charge in [-0.05, 0) is 51.7 Å². The third-order valence-corrected chi connectivity index (χ3v) is 7.57. The molecule has 4 aromatic rings. The lowest BCUT2D eigenvalue weighted by Crippen LogP contribution is -2.47. The molecule has 0 radical (unpaired) electrons. The van der Waals surface area contributed by atoms with E-state index in [1.807, 2.05) is 88.4 Å². The molecule has 0 saturated heterocycles. The van der Waals surface area contributed by atoms with Gasteiger partial charge in [0.25, 0.3) is 0 Å². The van der Waals surface area contributed by atoms with Crippen LogP contribution in [0.15, 0.2) is 89.5 Å². The van der Waals surface area contributed by atoms with E-state index in [2.05, 4.69) is 21.0 Å². The molecule has 8 heteroatoms. The Labute approximate surface area is 223 Å². The van der Waals surface area contributed by atoms with Gasteiger partial charge in [-0.1, -0.05) is 72.3 Å². The predicted molar refractivity (Wildman–Crippen MR) is 145 cm³/mol. The fourth-order valence-electron chi connectivity index (χ4n) is 4.70. The first-order valence-corrected chi connectivity index (χ1v) is 12.9. The average Bonchev–Trinajstić information content (AvgIpc) is 3.22. The summed E-state index contributed by atoms with van der Waals surface area (Å²) < 4.78 is 2.71. The maximum absolute atomic E-state index is 13.8. The van der Waals surface area contributed by atoms with Crippen LogP contribution in [0.2, 0.25) is 5.02 Å². The molecule has 1 amide bonds. The number of hydrogen-bond acceptors (Lipinski definition) is 4. The van der Waals surface area contributed by atoms with Gasteiger partial charge in [-0.2, -0.15) is 5.10 Å². The summed E-state index contributed by atoms with van der Waals surface area (Å²) in [5.41, 5.74) is 4.36. The Hall–Kier alpha value is -2.97. The van der Waals surface area contributed by atoms with Crippen molar-refractivity contribution < 1.29 is 9.90 Å². The molecule has 0 saturated carbocycles. The first-order valence-electron chi connectivity index (χ1n) is 11.7. The van der Waals surface area contributed by atoms with Crippen LogP contribution in [0.25, 0.3) is 0 Å². The lowest BCUT2D eigenvalue weighted by molar-refractivity contribution is -0.128. The Kier molecular flexibility index (Phi) is 7.25. The maximum atomic E-state index is 13.8. The van der Waals surface area contributed by atoms with Gasteiger partial charge >= 0.3 is 0 Å². The van der Waals surface area contributed by atoms with Crippen molar-refractivity contribution in [3.8, 4) is 0 Å². The number of likely N-dealkylation sites (N-methyl/N-ethyl adjacent to an activating group) is 1. The molecule has 0 fully saturated rings. The van der Waals surface area contributed by atoms with E-state index in [0.717, 1.165) is 21.3 Å². The summed E-state index contributed by atoms with van der Waals surface area (Å²) >= 11 is 9.71. The number of amides is 1. The van der Waals surface area contributed by atoms with Gasteiger partial charge in [0, 0.05) is 24.2 Å². The number of aliphatic hydroxyl groups excluding tert-OH is 1. The first-order chi connectivity index (χ1) is 17.4. The molecule has 1 aliphatic rings. The second-order valence-corrected chi connectivity index (χ2v) is 10.2. The summed E-state index contributed by atoms with van der Waals surface area (Å²) in [7, 11) is 1.77. The molecule has 184 valence electrons. The average molecular weight is 566 g/mol. The Morgan fingerprint density at radius 3 is 2.39 bits per heavy atom. The SMILES string of the molecule is CN1C(=O)[C@H](Cc2ccccc2)N(Cc2c(Br)cnn2Cc2ccc(Cl)cc2)C(O)c2ccccc21. The summed E-state index contributed by atoms with van der Waals surface area (Å²) in [6, 6.07) is 24.5. The number of nitrogens with zero attached hydrogens (tertiary/aromatic N) is 4. The highest BCUT2D eigenvalue weighted by molar-refractivity contribution is 9.10. The Balaban J connectivity index is 1.54. The van der Waals surface area contributed by atoms with Crippen LogP contribution in [0.1, 0.15) is 28.6 Å². The van der Waals surface area contributed by atoms with Crippen molar-refractivity contribution in [1.82, 2.24) is 14.7 Å². The van der Waals surface area contributed by atoms with Crippen molar-refractivity contribution in [2.75, 3.05) is 11.9 Å². The number of aromatic nitrogens is 2. The van der Waals surface area contributed by atoms with Crippen LogP contribution >= 0.6 is 27.5 Å². The Bertz CT molecular complexity index is 1360. The highest BCUT2D eigenvalue weighted by Crippen LogP contribution is 2.36. The molecule has 2 heterocycles. The van der Waals surface area contributed by atoms with Crippen molar-refractivity contribution in [3.63, 3.8) is 0 Å². The predicted octanol–water partition coefficient (Wildman–Crippen LogP) is 5.43. The number of aliphatic hydroxyl groups is 1. The van der Waals surface area contributed by atoms with Crippen LogP contribution in [0.3, 0.4) is 0 Å². The van der Waals surface area contributed by atoms with Gasteiger partial charge in [-0.25, -0.2) is 0 Å². The molecule has 1 unspecified atom stereocenters. The summed E-state index contributed by atoms with van der Waals surface area (Å²) in [6.45, 7) is 0.858. The largest absolute Gasteiger partial charge is 0.374 e. The molecular weight excluding hydrogens is 540 g/mol. The molecular formula is C28H26BrClN4O2. The molecule has 3 aromatic carbocycles. The van der Waals surface area contributed by atoms with E-state index in [1.54, 1.807) is 18.1 Å². The number of rotatable bonds is 6. The molecule has 1 aromatic heterocycles. The number of halogens is 2. The van der Waals surface area contributed by atoms with E-state index < -0.39 is 12.3 Å². The quantitative estimate of drug-likeness (QED) is 0.339. The summed E-state index contributed by atoms with van der Waals surface area (Å²) in [5, 5.41) is 16.9.